The highest BCUT2D eigenvalue weighted by Crippen LogP contribution is 2.72. The van der Waals surface area contributed by atoms with Crippen molar-refractivity contribution in [1.29, 1.82) is 0 Å². The van der Waals surface area contributed by atoms with Gasteiger partial charge in [-0.25, -0.2) is 0 Å². The quantitative estimate of drug-likeness (QED) is 0.695. The normalized spacial score (nSPS) is 46.4. The van der Waals surface area contributed by atoms with Gasteiger partial charge in [-0.3, -0.25) is 0 Å². The molecule has 2 heteroatoms. The maximum Gasteiger partial charge on any atom is 0.110 e. The summed E-state index contributed by atoms with van der Waals surface area (Å²) in [5.74, 6) is 2.65. The lowest BCUT2D eigenvalue weighted by atomic mass is 9.64. The predicted octanol–water partition coefficient (Wildman–Crippen LogP) is 3.01. The molecule has 0 bridgehead atoms. The van der Waals surface area contributed by atoms with Crippen LogP contribution in [0, 0.1) is 30.1 Å². The summed E-state index contributed by atoms with van der Waals surface area (Å²) in [5, 5.41) is 10.7. The van der Waals surface area contributed by atoms with Gasteiger partial charge in [-0.05, 0) is 36.2 Å². The largest absolute Gasteiger partial charge is 0.469 e. The van der Waals surface area contributed by atoms with Gasteiger partial charge < -0.3 is 9.52 Å². The number of hydrogen-bond acceptors (Lipinski definition) is 2. The Morgan fingerprint density at radius 3 is 3.06 bits per heavy atom. The van der Waals surface area contributed by atoms with Crippen molar-refractivity contribution in [1.82, 2.24) is 0 Å². The average molecular weight is 230 g/mol. The van der Waals surface area contributed by atoms with Crippen LogP contribution in [-0.4, -0.2) is 5.11 Å². The Morgan fingerprint density at radius 1 is 1.53 bits per heavy atom. The Kier molecular flexibility index (Phi) is 1.58. The molecule has 1 aromatic rings. The molecule has 5 atom stereocenters. The molecule has 3 aliphatic rings. The van der Waals surface area contributed by atoms with Gasteiger partial charge >= 0.3 is 0 Å². The lowest BCUT2D eigenvalue weighted by Gasteiger charge is -2.41. The molecule has 1 aromatic heterocycles. The van der Waals surface area contributed by atoms with Crippen LogP contribution in [0.2, 0.25) is 0 Å². The second-order valence-electron chi connectivity index (χ2n) is 6.38. The van der Waals surface area contributed by atoms with E-state index < -0.39 is 6.10 Å². The topological polar surface area (TPSA) is 33.4 Å². The standard InChI is InChI=1S/C15H18O2/c1-7-6-17-11-5-15(3)10-4-9(10)8(2)13(15)14(16)12(7)11/h6,9-10,13-14,16H,2,4-5H2,1,3H3/t9-,10+,13-,14+,15+/m1/s1. The van der Waals surface area contributed by atoms with Crippen molar-refractivity contribution in [3.63, 3.8) is 0 Å². The number of aliphatic hydroxyl groups is 1. The number of fused-ring (bicyclic) bond motifs is 4. The van der Waals surface area contributed by atoms with E-state index in [1.165, 1.54) is 12.0 Å². The number of furan rings is 1. The van der Waals surface area contributed by atoms with E-state index in [9.17, 15) is 5.11 Å². The van der Waals surface area contributed by atoms with Gasteiger partial charge in [0.25, 0.3) is 0 Å². The van der Waals surface area contributed by atoms with Crippen molar-refractivity contribution < 1.29 is 9.52 Å². The molecule has 1 heterocycles. The average Bonchev–Trinajstić information content (AvgIpc) is 2.94. The van der Waals surface area contributed by atoms with Gasteiger partial charge in [0, 0.05) is 17.9 Å². The highest BCUT2D eigenvalue weighted by atomic mass is 16.3. The molecule has 2 saturated carbocycles. The van der Waals surface area contributed by atoms with Crippen molar-refractivity contribution in [2.45, 2.75) is 32.8 Å². The molecule has 17 heavy (non-hydrogen) atoms. The lowest BCUT2D eigenvalue weighted by Crippen LogP contribution is -2.37. The number of rotatable bonds is 0. The molecule has 0 unspecified atom stereocenters. The summed E-state index contributed by atoms with van der Waals surface area (Å²) in [6.07, 6.45) is 3.62. The molecule has 0 spiro atoms. The van der Waals surface area contributed by atoms with Crippen LogP contribution >= 0.6 is 0 Å². The maximum atomic E-state index is 10.7. The summed E-state index contributed by atoms with van der Waals surface area (Å²) in [4.78, 5) is 0. The van der Waals surface area contributed by atoms with Crippen molar-refractivity contribution in [3.05, 3.63) is 35.3 Å². The highest BCUT2D eigenvalue weighted by molar-refractivity contribution is 5.42. The fourth-order valence-corrected chi connectivity index (χ4v) is 4.58. The summed E-state index contributed by atoms with van der Waals surface area (Å²) in [6, 6.07) is 0. The van der Waals surface area contributed by atoms with Crippen molar-refractivity contribution >= 4 is 0 Å². The van der Waals surface area contributed by atoms with E-state index in [-0.39, 0.29) is 11.3 Å². The number of aliphatic hydroxyl groups excluding tert-OH is 1. The number of aryl methyl sites for hydroxylation is 1. The van der Waals surface area contributed by atoms with Gasteiger partial charge in [0.2, 0.25) is 0 Å². The highest BCUT2D eigenvalue weighted by Gasteiger charge is 2.66. The summed E-state index contributed by atoms with van der Waals surface area (Å²) in [5.41, 5.74) is 3.59. The van der Waals surface area contributed by atoms with Crippen molar-refractivity contribution in [2.24, 2.45) is 23.2 Å². The Morgan fingerprint density at radius 2 is 2.29 bits per heavy atom. The van der Waals surface area contributed by atoms with Crippen LogP contribution in [0.25, 0.3) is 0 Å². The van der Waals surface area contributed by atoms with Gasteiger partial charge in [-0.15, -0.1) is 0 Å². The fraction of sp³-hybridized carbons (Fsp3) is 0.600. The lowest BCUT2D eigenvalue weighted by molar-refractivity contribution is 0.0272. The molecule has 4 rings (SSSR count). The minimum absolute atomic E-state index is 0.179. The molecule has 0 saturated heterocycles. The van der Waals surface area contributed by atoms with Crippen molar-refractivity contribution in [3.8, 4) is 0 Å². The molecule has 90 valence electrons. The van der Waals surface area contributed by atoms with Crippen LogP contribution in [0.4, 0.5) is 0 Å². The van der Waals surface area contributed by atoms with Gasteiger partial charge in [0.15, 0.2) is 0 Å². The van der Waals surface area contributed by atoms with Gasteiger partial charge in [-0.1, -0.05) is 19.1 Å². The second kappa shape index (κ2) is 2.69. The second-order valence-corrected chi connectivity index (χ2v) is 6.38. The van der Waals surface area contributed by atoms with E-state index in [0.717, 1.165) is 29.2 Å². The van der Waals surface area contributed by atoms with E-state index in [0.29, 0.717) is 5.92 Å². The number of hydrogen-bond donors (Lipinski definition) is 1. The van der Waals surface area contributed by atoms with Crippen LogP contribution in [-0.2, 0) is 6.42 Å². The van der Waals surface area contributed by atoms with E-state index >= 15 is 0 Å². The first-order chi connectivity index (χ1) is 8.04. The summed E-state index contributed by atoms with van der Waals surface area (Å²) >= 11 is 0. The molecule has 1 N–H and O–H groups in total. The maximum absolute atomic E-state index is 10.7. The summed E-state index contributed by atoms with van der Waals surface area (Å²) in [6.45, 7) is 8.58. The van der Waals surface area contributed by atoms with Crippen LogP contribution in [0.1, 0.15) is 36.3 Å². The predicted molar refractivity (Wildman–Crippen MR) is 64.4 cm³/mol. The molecule has 0 aliphatic heterocycles. The Bertz CT molecular complexity index is 527. The SMILES string of the molecule is C=C1[C@H]2C[C@@H]2[C@]2(C)Cc3occ(C)c3[C@H](O)[C@@H]12. The Hall–Kier alpha value is -1.02. The zero-order chi connectivity index (χ0) is 11.9. The molecule has 0 radical (unpaired) electrons. The van der Waals surface area contributed by atoms with Crippen LogP contribution in [0.15, 0.2) is 22.8 Å². The minimum Gasteiger partial charge on any atom is -0.469 e. The first-order valence-corrected chi connectivity index (χ1v) is 6.47. The third-order valence-corrected chi connectivity index (χ3v) is 5.48. The molecular weight excluding hydrogens is 212 g/mol. The third-order valence-electron chi connectivity index (χ3n) is 5.48. The van der Waals surface area contributed by atoms with Crippen molar-refractivity contribution in [2.75, 3.05) is 0 Å². The fourth-order valence-electron chi connectivity index (χ4n) is 4.58. The molecule has 3 aliphatic carbocycles. The zero-order valence-electron chi connectivity index (χ0n) is 10.4. The molecule has 2 nitrogen and oxygen atoms in total. The summed E-state index contributed by atoms with van der Waals surface area (Å²) in [7, 11) is 0. The van der Waals surface area contributed by atoms with Crippen LogP contribution in [0.5, 0.6) is 0 Å². The smallest absolute Gasteiger partial charge is 0.110 e. The van der Waals surface area contributed by atoms with E-state index in [1.54, 1.807) is 6.26 Å². The zero-order valence-corrected chi connectivity index (χ0v) is 10.4. The third kappa shape index (κ3) is 0.971. The van der Waals surface area contributed by atoms with Gasteiger partial charge in [0.05, 0.1) is 12.4 Å². The molecule has 0 aromatic carbocycles. The molecular formula is C15H18O2. The van der Waals surface area contributed by atoms with E-state index in [2.05, 4.69) is 13.5 Å². The minimum atomic E-state index is -0.400. The molecule has 0 amide bonds. The van der Waals surface area contributed by atoms with Crippen LogP contribution in [0.3, 0.4) is 0 Å². The Labute approximate surface area is 101 Å². The van der Waals surface area contributed by atoms with Crippen LogP contribution < -0.4 is 0 Å². The first kappa shape index (κ1) is 9.95. The Balaban J connectivity index is 1.90. The van der Waals surface area contributed by atoms with E-state index in [4.69, 9.17) is 4.42 Å². The summed E-state index contributed by atoms with van der Waals surface area (Å²) < 4.78 is 5.64. The van der Waals surface area contributed by atoms with Gasteiger partial charge in [-0.2, -0.15) is 0 Å². The molecule has 2 fully saturated rings. The monoisotopic (exact) mass is 230 g/mol. The van der Waals surface area contributed by atoms with Gasteiger partial charge in [0.1, 0.15) is 5.76 Å². The van der Waals surface area contributed by atoms with E-state index in [1.807, 2.05) is 6.92 Å². The first-order valence-electron chi connectivity index (χ1n) is 6.47.